The van der Waals surface area contributed by atoms with Gasteiger partial charge >= 0.3 is 0 Å². The largest absolute Gasteiger partial charge is 0.492 e. The minimum Gasteiger partial charge on any atom is -0.492 e. The van der Waals surface area contributed by atoms with Crippen LogP contribution < -0.4 is 4.74 Å². The van der Waals surface area contributed by atoms with Crippen molar-refractivity contribution in [3.63, 3.8) is 0 Å². The highest BCUT2D eigenvalue weighted by Crippen LogP contribution is 2.24. The highest BCUT2D eigenvalue weighted by atomic mass is 16.5. The minimum absolute atomic E-state index is 0.0617. The number of rotatable bonds is 6. The van der Waals surface area contributed by atoms with Gasteiger partial charge in [-0.3, -0.25) is 9.59 Å². The lowest BCUT2D eigenvalue weighted by atomic mass is 9.98. The van der Waals surface area contributed by atoms with E-state index in [2.05, 4.69) is 19.1 Å². The smallest absolute Gasteiger partial charge is 0.257 e. The van der Waals surface area contributed by atoms with Gasteiger partial charge in [-0.05, 0) is 50.3 Å². The van der Waals surface area contributed by atoms with E-state index in [0.29, 0.717) is 30.9 Å². The zero-order chi connectivity index (χ0) is 21.6. The molecule has 2 aromatic rings. The molecule has 0 aliphatic carbocycles. The second-order valence-corrected chi connectivity index (χ2v) is 8.82. The molecule has 2 heterocycles. The molecule has 2 fully saturated rings. The zero-order valence-electron chi connectivity index (χ0n) is 18.4. The van der Waals surface area contributed by atoms with E-state index in [0.717, 1.165) is 50.9 Å². The molecule has 0 aromatic heterocycles. The van der Waals surface area contributed by atoms with E-state index in [1.54, 1.807) is 0 Å². The number of carbonyl (C=O) groups is 2. The van der Waals surface area contributed by atoms with Crippen molar-refractivity contribution in [3.8, 4) is 5.75 Å². The first-order valence-corrected chi connectivity index (χ1v) is 11.4. The van der Waals surface area contributed by atoms with Gasteiger partial charge < -0.3 is 14.5 Å². The molecule has 2 aliphatic rings. The van der Waals surface area contributed by atoms with Gasteiger partial charge in [-0.1, -0.05) is 42.0 Å². The lowest BCUT2D eigenvalue weighted by molar-refractivity contribution is -0.132. The van der Waals surface area contributed by atoms with Crippen LogP contribution in [0, 0.1) is 12.8 Å². The van der Waals surface area contributed by atoms with Crippen molar-refractivity contribution < 1.29 is 14.3 Å². The van der Waals surface area contributed by atoms with Crippen molar-refractivity contribution in [2.75, 3.05) is 32.8 Å². The van der Waals surface area contributed by atoms with Gasteiger partial charge in [0, 0.05) is 32.1 Å². The molecule has 2 aliphatic heterocycles. The third-order valence-electron chi connectivity index (χ3n) is 6.33. The minimum atomic E-state index is 0.0617. The molecule has 0 bridgehead atoms. The Kier molecular flexibility index (Phi) is 6.90. The van der Waals surface area contributed by atoms with Crippen LogP contribution in [0.5, 0.6) is 5.75 Å². The maximum atomic E-state index is 12.8. The monoisotopic (exact) mass is 420 g/mol. The third-order valence-corrected chi connectivity index (χ3v) is 6.33. The van der Waals surface area contributed by atoms with Crippen LogP contribution in [0.3, 0.4) is 0 Å². The summed E-state index contributed by atoms with van der Waals surface area (Å²) in [6.07, 6.45) is 4.62. The second-order valence-electron chi connectivity index (χ2n) is 8.82. The highest BCUT2D eigenvalue weighted by Gasteiger charge is 2.26. The first-order chi connectivity index (χ1) is 15.1. The number of aryl methyl sites for hydroxylation is 1. The summed E-state index contributed by atoms with van der Waals surface area (Å²) in [5.41, 5.74) is 2.91. The van der Waals surface area contributed by atoms with Gasteiger partial charge in [0.1, 0.15) is 5.75 Å². The molecule has 2 amide bonds. The van der Waals surface area contributed by atoms with Crippen LogP contribution in [-0.2, 0) is 11.2 Å². The fourth-order valence-electron chi connectivity index (χ4n) is 4.49. The number of carbonyl (C=O) groups excluding carboxylic acids is 2. The summed E-state index contributed by atoms with van der Waals surface area (Å²) >= 11 is 0. The summed E-state index contributed by atoms with van der Waals surface area (Å²) in [6.45, 7) is 5.76. The number of hydrogen-bond donors (Lipinski definition) is 0. The van der Waals surface area contributed by atoms with Gasteiger partial charge in [-0.15, -0.1) is 0 Å². The molecule has 0 N–H and O–H groups in total. The average molecular weight is 421 g/mol. The number of nitrogens with zero attached hydrogens (tertiary/aromatic N) is 2. The fourth-order valence-corrected chi connectivity index (χ4v) is 4.49. The molecule has 0 radical (unpaired) electrons. The Hall–Kier alpha value is -2.82. The molecule has 164 valence electrons. The summed E-state index contributed by atoms with van der Waals surface area (Å²) in [5, 5.41) is 0. The Labute approximate surface area is 185 Å². The van der Waals surface area contributed by atoms with Crippen molar-refractivity contribution in [3.05, 3.63) is 65.2 Å². The van der Waals surface area contributed by atoms with Crippen LogP contribution in [-0.4, -0.2) is 54.4 Å². The Bertz CT molecular complexity index is 903. The van der Waals surface area contributed by atoms with Crippen LogP contribution >= 0.6 is 0 Å². The van der Waals surface area contributed by atoms with Gasteiger partial charge in [0.25, 0.3) is 5.91 Å². The summed E-state index contributed by atoms with van der Waals surface area (Å²) in [4.78, 5) is 29.5. The predicted octanol–water partition coefficient (Wildman–Crippen LogP) is 4.09. The standard InChI is InChI=1S/C26H32N2O3/c1-20-10-12-21(13-11-20)17-25(29)28-16-6-7-22(18-28)19-31-24-9-3-2-8-23(24)26(30)27-14-4-5-15-27/h2-3,8-13,22H,4-7,14-19H2,1H3. The summed E-state index contributed by atoms with van der Waals surface area (Å²) in [7, 11) is 0. The Morgan fingerprint density at radius 2 is 1.65 bits per heavy atom. The van der Waals surface area contributed by atoms with E-state index in [-0.39, 0.29) is 17.7 Å². The quantitative estimate of drug-likeness (QED) is 0.707. The highest BCUT2D eigenvalue weighted by molar-refractivity contribution is 5.97. The normalized spacial score (nSPS) is 18.8. The summed E-state index contributed by atoms with van der Waals surface area (Å²) in [5.74, 6) is 1.18. The number of benzene rings is 2. The predicted molar refractivity (Wildman–Crippen MR) is 121 cm³/mol. The summed E-state index contributed by atoms with van der Waals surface area (Å²) in [6, 6.07) is 15.7. The second kappa shape index (κ2) is 9.99. The third kappa shape index (κ3) is 5.46. The van der Waals surface area contributed by atoms with Gasteiger partial charge in [0.15, 0.2) is 0 Å². The van der Waals surface area contributed by atoms with E-state index in [9.17, 15) is 9.59 Å². The zero-order valence-corrected chi connectivity index (χ0v) is 18.4. The van der Waals surface area contributed by atoms with Crippen LogP contribution in [0.25, 0.3) is 0 Å². The number of amides is 2. The molecular formula is C26H32N2O3. The van der Waals surface area contributed by atoms with Crippen LogP contribution in [0.15, 0.2) is 48.5 Å². The van der Waals surface area contributed by atoms with E-state index in [1.807, 2.05) is 46.2 Å². The Morgan fingerprint density at radius 1 is 0.935 bits per heavy atom. The summed E-state index contributed by atoms with van der Waals surface area (Å²) < 4.78 is 6.13. The fraction of sp³-hybridized carbons (Fsp3) is 0.462. The maximum absolute atomic E-state index is 12.8. The van der Waals surface area contributed by atoms with Gasteiger partial charge in [0.2, 0.25) is 5.91 Å². The molecule has 1 atom stereocenters. The average Bonchev–Trinajstić information content (AvgIpc) is 3.34. The molecule has 4 rings (SSSR count). The van der Waals surface area contributed by atoms with Crippen LogP contribution in [0.4, 0.5) is 0 Å². The molecule has 2 saturated heterocycles. The number of piperidine rings is 1. The molecule has 5 heteroatoms. The lowest BCUT2D eigenvalue weighted by Crippen LogP contribution is -2.42. The SMILES string of the molecule is Cc1ccc(CC(=O)N2CCCC(COc3ccccc3C(=O)N3CCCC3)C2)cc1. The maximum Gasteiger partial charge on any atom is 0.257 e. The number of hydrogen-bond acceptors (Lipinski definition) is 3. The molecule has 5 nitrogen and oxygen atoms in total. The van der Waals surface area contributed by atoms with E-state index < -0.39 is 0 Å². The van der Waals surface area contributed by atoms with Crippen molar-refractivity contribution in [2.45, 2.75) is 39.0 Å². The number of likely N-dealkylation sites (tertiary alicyclic amines) is 2. The first-order valence-electron chi connectivity index (χ1n) is 11.4. The molecule has 0 saturated carbocycles. The topological polar surface area (TPSA) is 49.9 Å². The van der Waals surface area contributed by atoms with Gasteiger partial charge in [0.05, 0.1) is 18.6 Å². The van der Waals surface area contributed by atoms with Crippen LogP contribution in [0.1, 0.15) is 47.2 Å². The van der Waals surface area contributed by atoms with Crippen molar-refractivity contribution >= 4 is 11.8 Å². The Morgan fingerprint density at radius 3 is 2.42 bits per heavy atom. The molecule has 2 aromatic carbocycles. The molecule has 0 spiro atoms. The number of ether oxygens (including phenoxy) is 1. The van der Waals surface area contributed by atoms with Crippen molar-refractivity contribution in [2.24, 2.45) is 5.92 Å². The van der Waals surface area contributed by atoms with Crippen LogP contribution in [0.2, 0.25) is 0 Å². The van der Waals surface area contributed by atoms with Crippen molar-refractivity contribution in [1.82, 2.24) is 9.80 Å². The molecular weight excluding hydrogens is 388 g/mol. The van der Waals surface area contributed by atoms with Gasteiger partial charge in [-0.25, -0.2) is 0 Å². The van der Waals surface area contributed by atoms with E-state index in [1.165, 1.54) is 5.56 Å². The molecule has 1 unspecified atom stereocenters. The van der Waals surface area contributed by atoms with E-state index in [4.69, 9.17) is 4.74 Å². The lowest BCUT2D eigenvalue weighted by Gasteiger charge is -2.33. The van der Waals surface area contributed by atoms with E-state index >= 15 is 0 Å². The first kappa shape index (κ1) is 21.4. The van der Waals surface area contributed by atoms with Crippen molar-refractivity contribution in [1.29, 1.82) is 0 Å². The Balaban J connectivity index is 1.33. The van der Waals surface area contributed by atoms with Gasteiger partial charge in [-0.2, -0.15) is 0 Å². The molecule has 31 heavy (non-hydrogen) atoms. The number of para-hydroxylation sites is 1.